The molecule has 0 radical (unpaired) electrons. The Morgan fingerprint density at radius 1 is 1.03 bits per heavy atom. The van der Waals surface area contributed by atoms with Gasteiger partial charge in [0.05, 0.1) is 24.7 Å². The number of hydrazone groups is 1. The van der Waals surface area contributed by atoms with Crippen molar-refractivity contribution < 1.29 is 17.6 Å². The first-order valence-electron chi connectivity index (χ1n) is 9.13. The molecular weight excluding hydrogens is 441 g/mol. The van der Waals surface area contributed by atoms with E-state index in [4.69, 9.17) is 11.6 Å². The van der Waals surface area contributed by atoms with Crippen LogP contribution in [0.1, 0.15) is 21.5 Å². The van der Waals surface area contributed by atoms with Crippen molar-refractivity contribution in [2.45, 2.75) is 6.54 Å². The van der Waals surface area contributed by atoms with Crippen LogP contribution in [0, 0.1) is 5.82 Å². The van der Waals surface area contributed by atoms with E-state index in [-0.39, 0.29) is 12.4 Å². The summed E-state index contributed by atoms with van der Waals surface area (Å²) in [6.45, 7) is 0.128. The van der Waals surface area contributed by atoms with Crippen LogP contribution in [0.15, 0.2) is 77.9 Å². The Hall–Kier alpha value is -3.23. The van der Waals surface area contributed by atoms with E-state index in [2.05, 4.69) is 10.5 Å². The molecule has 0 atom stereocenters. The van der Waals surface area contributed by atoms with Gasteiger partial charge in [-0.15, -0.1) is 0 Å². The molecule has 1 amide bonds. The molecule has 0 unspecified atom stereocenters. The summed E-state index contributed by atoms with van der Waals surface area (Å²) in [6, 6.07) is 18.7. The van der Waals surface area contributed by atoms with Crippen LogP contribution >= 0.6 is 11.6 Å². The van der Waals surface area contributed by atoms with Crippen LogP contribution in [-0.4, -0.2) is 26.8 Å². The quantitative estimate of drug-likeness (QED) is 0.424. The number of nitrogens with one attached hydrogen (secondary N) is 1. The van der Waals surface area contributed by atoms with E-state index in [0.29, 0.717) is 21.8 Å². The predicted molar refractivity (Wildman–Crippen MR) is 120 cm³/mol. The Morgan fingerprint density at radius 2 is 1.65 bits per heavy atom. The molecule has 3 aromatic carbocycles. The lowest BCUT2D eigenvalue weighted by molar-refractivity contribution is 0.0955. The molecule has 0 heterocycles. The minimum Gasteiger partial charge on any atom is -0.267 e. The van der Waals surface area contributed by atoms with Gasteiger partial charge >= 0.3 is 0 Å². The third-order valence-corrected chi connectivity index (χ3v) is 5.70. The third kappa shape index (κ3) is 6.37. The molecule has 3 aromatic rings. The highest BCUT2D eigenvalue weighted by Gasteiger charge is 2.18. The minimum absolute atomic E-state index is 0.128. The average molecular weight is 460 g/mol. The van der Waals surface area contributed by atoms with Gasteiger partial charge in [-0.2, -0.15) is 5.10 Å². The zero-order valence-corrected chi connectivity index (χ0v) is 18.1. The fourth-order valence-electron chi connectivity index (χ4n) is 2.71. The van der Waals surface area contributed by atoms with Gasteiger partial charge in [-0.25, -0.2) is 18.2 Å². The maximum absolute atomic E-state index is 12.9. The molecule has 31 heavy (non-hydrogen) atoms. The standard InChI is InChI=1S/C22H19ClFN3O3S/c1-31(29,30)27(15-17-2-8-19(23)9-3-17)21-12-6-18(7-13-21)22(28)26-25-14-16-4-10-20(24)11-5-16/h2-14H,15H2,1H3,(H,26,28)/b25-14+. The molecule has 0 fully saturated rings. The van der Waals surface area contributed by atoms with Gasteiger partial charge in [0.2, 0.25) is 10.0 Å². The molecule has 0 spiro atoms. The largest absolute Gasteiger partial charge is 0.271 e. The van der Waals surface area contributed by atoms with Crippen molar-refractivity contribution in [3.63, 3.8) is 0 Å². The SMILES string of the molecule is CS(=O)(=O)N(Cc1ccc(Cl)cc1)c1ccc(C(=O)N/N=C/c2ccc(F)cc2)cc1. The van der Waals surface area contributed by atoms with Crippen molar-refractivity contribution >= 4 is 39.4 Å². The number of rotatable bonds is 7. The second-order valence-corrected chi connectivity index (χ2v) is 9.04. The number of anilines is 1. The molecule has 0 aromatic heterocycles. The van der Waals surface area contributed by atoms with E-state index in [0.717, 1.165) is 11.8 Å². The molecular formula is C22H19ClFN3O3S. The number of hydrogen-bond acceptors (Lipinski definition) is 4. The highest BCUT2D eigenvalue weighted by Crippen LogP contribution is 2.22. The van der Waals surface area contributed by atoms with Crippen LogP contribution in [0.4, 0.5) is 10.1 Å². The van der Waals surface area contributed by atoms with Gasteiger partial charge in [0.1, 0.15) is 5.82 Å². The molecule has 6 nitrogen and oxygen atoms in total. The second kappa shape index (κ2) is 9.72. The van der Waals surface area contributed by atoms with Gasteiger partial charge in [0.25, 0.3) is 5.91 Å². The van der Waals surface area contributed by atoms with E-state index in [1.54, 1.807) is 36.4 Å². The number of benzene rings is 3. The van der Waals surface area contributed by atoms with Crippen molar-refractivity contribution in [1.29, 1.82) is 0 Å². The number of carbonyl (C=O) groups is 1. The first kappa shape index (κ1) is 22.5. The number of halogens is 2. The summed E-state index contributed by atoms with van der Waals surface area (Å²) in [6.07, 6.45) is 2.51. The molecule has 3 rings (SSSR count). The maximum atomic E-state index is 12.9. The van der Waals surface area contributed by atoms with E-state index in [1.165, 1.54) is 46.9 Å². The van der Waals surface area contributed by atoms with Crippen LogP contribution in [-0.2, 0) is 16.6 Å². The first-order chi connectivity index (χ1) is 14.7. The van der Waals surface area contributed by atoms with Gasteiger partial charge in [-0.05, 0) is 59.7 Å². The Labute approximate surface area is 185 Å². The highest BCUT2D eigenvalue weighted by atomic mass is 35.5. The summed E-state index contributed by atoms with van der Waals surface area (Å²) in [4.78, 5) is 12.3. The maximum Gasteiger partial charge on any atom is 0.271 e. The summed E-state index contributed by atoms with van der Waals surface area (Å²) in [7, 11) is -3.56. The summed E-state index contributed by atoms with van der Waals surface area (Å²) in [5.74, 6) is -0.825. The summed E-state index contributed by atoms with van der Waals surface area (Å²) in [5.41, 5.74) is 4.50. The van der Waals surface area contributed by atoms with Crippen LogP contribution in [0.25, 0.3) is 0 Å². The number of carbonyl (C=O) groups excluding carboxylic acids is 1. The third-order valence-electron chi connectivity index (χ3n) is 4.31. The van der Waals surface area contributed by atoms with Crippen molar-refractivity contribution in [3.8, 4) is 0 Å². The van der Waals surface area contributed by atoms with Crippen LogP contribution < -0.4 is 9.73 Å². The van der Waals surface area contributed by atoms with Crippen molar-refractivity contribution in [1.82, 2.24) is 5.43 Å². The smallest absolute Gasteiger partial charge is 0.267 e. The van der Waals surface area contributed by atoms with Gasteiger partial charge in [0.15, 0.2) is 0 Å². The molecule has 0 bridgehead atoms. The molecule has 9 heteroatoms. The van der Waals surface area contributed by atoms with Crippen LogP contribution in [0.3, 0.4) is 0 Å². The Balaban J connectivity index is 1.70. The van der Waals surface area contributed by atoms with Crippen LogP contribution in [0.5, 0.6) is 0 Å². The van der Waals surface area contributed by atoms with E-state index >= 15 is 0 Å². The topological polar surface area (TPSA) is 78.8 Å². The lowest BCUT2D eigenvalue weighted by Crippen LogP contribution is -2.29. The van der Waals surface area contributed by atoms with Gasteiger partial charge in [-0.3, -0.25) is 9.10 Å². The summed E-state index contributed by atoms with van der Waals surface area (Å²) >= 11 is 5.88. The summed E-state index contributed by atoms with van der Waals surface area (Å²) < 4.78 is 38.7. The molecule has 0 aliphatic rings. The summed E-state index contributed by atoms with van der Waals surface area (Å²) in [5, 5.41) is 4.41. The molecule has 0 saturated heterocycles. The average Bonchev–Trinajstić information content (AvgIpc) is 2.74. The number of sulfonamides is 1. The zero-order chi connectivity index (χ0) is 22.4. The number of amides is 1. The molecule has 160 valence electrons. The first-order valence-corrected chi connectivity index (χ1v) is 11.4. The highest BCUT2D eigenvalue weighted by molar-refractivity contribution is 7.92. The Kier molecular flexibility index (Phi) is 7.04. The number of nitrogens with zero attached hydrogens (tertiary/aromatic N) is 2. The van der Waals surface area contributed by atoms with Crippen molar-refractivity contribution in [3.05, 3.63) is 100 Å². The van der Waals surface area contributed by atoms with Crippen molar-refractivity contribution in [2.24, 2.45) is 5.10 Å². The second-order valence-electron chi connectivity index (χ2n) is 6.69. The monoisotopic (exact) mass is 459 g/mol. The van der Waals surface area contributed by atoms with Gasteiger partial charge < -0.3 is 0 Å². The van der Waals surface area contributed by atoms with E-state index in [9.17, 15) is 17.6 Å². The number of hydrogen-bond donors (Lipinski definition) is 1. The van der Waals surface area contributed by atoms with E-state index < -0.39 is 15.9 Å². The predicted octanol–water partition coefficient (Wildman–Crippen LogP) is 4.21. The van der Waals surface area contributed by atoms with Gasteiger partial charge in [0, 0.05) is 10.6 Å². The molecule has 1 N–H and O–H groups in total. The molecule has 0 saturated carbocycles. The Bertz CT molecular complexity index is 1180. The zero-order valence-electron chi connectivity index (χ0n) is 16.5. The lowest BCUT2D eigenvalue weighted by Gasteiger charge is -2.22. The van der Waals surface area contributed by atoms with Crippen LogP contribution in [0.2, 0.25) is 5.02 Å². The van der Waals surface area contributed by atoms with Crippen molar-refractivity contribution in [2.75, 3.05) is 10.6 Å². The molecule has 0 aliphatic carbocycles. The lowest BCUT2D eigenvalue weighted by atomic mass is 10.2. The Morgan fingerprint density at radius 3 is 2.23 bits per heavy atom. The van der Waals surface area contributed by atoms with E-state index in [1.807, 2.05) is 0 Å². The fourth-order valence-corrected chi connectivity index (χ4v) is 3.73. The fraction of sp³-hybridized carbons (Fsp3) is 0.0909. The van der Waals surface area contributed by atoms with Gasteiger partial charge in [-0.1, -0.05) is 35.9 Å². The normalized spacial score (nSPS) is 11.5. The minimum atomic E-state index is -3.56. The molecule has 0 aliphatic heterocycles.